The molecule has 0 aliphatic carbocycles. The van der Waals surface area contributed by atoms with Crippen LogP contribution in [-0.2, 0) is 6.54 Å². The molecule has 2 N–H and O–H groups in total. The van der Waals surface area contributed by atoms with Crippen molar-refractivity contribution in [3.05, 3.63) is 48.5 Å². The molecule has 1 aromatic heterocycles. The fraction of sp³-hybridized carbons (Fsp3) is 0.524. The van der Waals surface area contributed by atoms with Crippen LogP contribution in [0.1, 0.15) is 30.9 Å². The van der Waals surface area contributed by atoms with E-state index in [2.05, 4.69) is 48.3 Å². The Labute approximate surface area is 167 Å². The van der Waals surface area contributed by atoms with Crippen LogP contribution in [0.15, 0.2) is 48.0 Å². The second-order valence-electron chi connectivity index (χ2n) is 7.07. The second kappa shape index (κ2) is 10.7. The summed E-state index contributed by atoms with van der Waals surface area (Å²) in [6, 6.07) is 8.71. The maximum atomic E-state index is 5.43. The topological polar surface area (TPSA) is 66.7 Å². The van der Waals surface area contributed by atoms with Crippen LogP contribution >= 0.6 is 0 Å². The summed E-state index contributed by atoms with van der Waals surface area (Å²) in [6.45, 7) is 4.91. The maximum Gasteiger partial charge on any atom is 0.191 e. The van der Waals surface area contributed by atoms with E-state index in [1.807, 2.05) is 31.8 Å². The highest BCUT2D eigenvalue weighted by molar-refractivity contribution is 5.79. The minimum absolute atomic E-state index is 0.307. The SMILES string of the molecule is CN=C(NCCCn1ccnc1)NCC(c1cccc(OC)c1)N1CCCC1. The largest absolute Gasteiger partial charge is 0.497 e. The average molecular weight is 385 g/mol. The van der Waals surface area contributed by atoms with Crippen molar-refractivity contribution < 1.29 is 4.74 Å². The van der Waals surface area contributed by atoms with Gasteiger partial charge in [0.15, 0.2) is 5.96 Å². The maximum absolute atomic E-state index is 5.43. The van der Waals surface area contributed by atoms with E-state index >= 15 is 0 Å². The third-order valence-corrected chi connectivity index (χ3v) is 5.19. The minimum Gasteiger partial charge on any atom is -0.497 e. The van der Waals surface area contributed by atoms with E-state index in [0.29, 0.717) is 6.04 Å². The number of methoxy groups -OCH3 is 1. The Kier molecular flexibility index (Phi) is 7.72. The Morgan fingerprint density at radius 2 is 2.14 bits per heavy atom. The number of aliphatic imine (C=N–C) groups is 1. The molecule has 0 spiro atoms. The molecule has 0 saturated carbocycles. The van der Waals surface area contributed by atoms with Crippen molar-refractivity contribution >= 4 is 5.96 Å². The lowest BCUT2D eigenvalue weighted by molar-refractivity contribution is 0.245. The van der Waals surface area contributed by atoms with E-state index < -0.39 is 0 Å². The number of likely N-dealkylation sites (tertiary alicyclic amines) is 1. The normalized spacial score (nSPS) is 16.1. The van der Waals surface area contributed by atoms with Gasteiger partial charge in [0.1, 0.15) is 5.75 Å². The molecule has 1 atom stereocenters. The van der Waals surface area contributed by atoms with Crippen molar-refractivity contribution in [3.63, 3.8) is 0 Å². The highest BCUT2D eigenvalue weighted by atomic mass is 16.5. The van der Waals surface area contributed by atoms with E-state index in [1.54, 1.807) is 7.11 Å². The third-order valence-electron chi connectivity index (χ3n) is 5.19. The molecular weight excluding hydrogens is 352 g/mol. The first-order valence-corrected chi connectivity index (χ1v) is 10.1. The Balaban J connectivity index is 1.53. The molecule has 1 saturated heterocycles. The number of guanidine groups is 1. The average Bonchev–Trinajstić information content (AvgIpc) is 3.44. The number of nitrogens with one attached hydrogen (secondary N) is 2. The molecule has 0 bridgehead atoms. The van der Waals surface area contributed by atoms with E-state index in [-0.39, 0.29) is 0 Å². The zero-order valence-corrected chi connectivity index (χ0v) is 17.0. The van der Waals surface area contributed by atoms with Crippen molar-refractivity contribution in [1.82, 2.24) is 25.1 Å². The molecule has 1 aliphatic heterocycles. The molecule has 2 aromatic rings. The molecule has 0 amide bonds. The summed E-state index contributed by atoms with van der Waals surface area (Å²) in [5, 5.41) is 6.93. The summed E-state index contributed by atoms with van der Waals surface area (Å²) in [7, 11) is 3.54. The van der Waals surface area contributed by atoms with Crippen LogP contribution in [0, 0.1) is 0 Å². The van der Waals surface area contributed by atoms with Crippen LogP contribution in [-0.4, -0.2) is 60.7 Å². The number of rotatable bonds is 9. The minimum atomic E-state index is 0.307. The molecule has 7 nitrogen and oxygen atoms in total. The number of hydrogen-bond donors (Lipinski definition) is 2. The van der Waals surface area contributed by atoms with Crippen molar-refractivity contribution in [2.75, 3.05) is 40.3 Å². The number of ether oxygens (including phenoxy) is 1. The van der Waals surface area contributed by atoms with Crippen LogP contribution < -0.4 is 15.4 Å². The first-order valence-electron chi connectivity index (χ1n) is 10.1. The van der Waals surface area contributed by atoms with Gasteiger partial charge in [-0.05, 0) is 50.0 Å². The lowest BCUT2D eigenvalue weighted by Crippen LogP contribution is -2.43. The summed E-state index contributed by atoms with van der Waals surface area (Å²) in [5.74, 6) is 1.75. The molecule has 7 heteroatoms. The second-order valence-corrected chi connectivity index (χ2v) is 7.07. The van der Waals surface area contributed by atoms with Gasteiger partial charge >= 0.3 is 0 Å². The molecule has 28 heavy (non-hydrogen) atoms. The number of benzene rings is 1. The Bertz CT molecular complexity index is 724. The van der Waals surface area contributed by atoms with Crippen LogP contribution in [0.5, 0.6) is 5.75 Å². The highest BCUT2D eigenvalue weighted by Crippen LogP contribution is 2.27. The van der Waals surface area contributed by atoms with E-state index in [1.165, 1.54) is 18.4 Å². The van der Waals surface area contributed by atoms with Gasteiger partial charge < -0.3 is 19.9 Å². The summed E-state index contributed by atoms with van der Waals surface area (Å²) in [6.07, 6.45) is 9.20. The molecule has 2 heterocycles. The van der Waals surface area contributed by atoms with Gasteiger partial charge in [0.25, 0.3) is 0 Å². The molecular formula is C21H32N6O. The van der Waals surface area contributed by atoms with Gasteiger partial charge in [-0.25, -0.2) is 4.98 Å². The summed E-state index contributed by atoms with van der Waals surface area (Å²) in [5.41, 5.74) is 1.28. The number of aromatic nitrogens is 2. The number of hydrogen-bond acceptors (Lipinski definition) is 4. The van der Waals surface area contributed by atoms with Gasteiger partial charge in [-0.3, -0.25) is 9.89 Å². The summed E-state index contributed by atoms with van der Waals surface area (Å²) in [4.78, 5) is 11.0. The zero-order valence-electron chi connectivity index (χ0n) is 17.0. The predicted molar refractivity (Wildman–Crippen MR) is 113 cm³/mol. The predicted octanol–water partition coefficient (Wildman–Crippen LogP) is 2.28. The molecule has 1 aliphatic rings. The van der Waals surface area contributed by atoms with Crippen LogP contribution in [0.3, 0.4) is 0 Å². The summed E-state index contributed by atoms with van der Waals surface area (Å²) < 4.78 is 7.52. The lowest BCUT2D eigenvalue weighted by Gasteiger charge is -2.29. The van der Waals surface area contributed by atoms with E-state index in [0.717, 1.165) is 50.9 Å². The van der Waals surface area contributed by atoms with E-state index in [4.69, 9.17) is 4.74 Å². The van der Waals surface area contributed by atoms with Gasteiger partial charge in [-0.2, -0.15) is 0 Å². The number of aryl methyl sites for hydroxylation is 1. The smallest absolute Gasteiger partial charge is 0.191 e. The highest BCUT2D eigenvalue weighted by Gasteiger charge is 2.24. The Morgan fingerprint density at radius 3 is 2.86 bits per heavy atom. The molecule has 152 valence electrons. The zero-order chi connectivity index (χ0) is 19.6. The summed E-state index contributed by atoms with van der Waals surface area (Å²) >= 11 is 0. The van der Waals surface area contributed by atoms with Gasteiger partial charge in [-0.15, -0.1) is 0 Å². The lowest BCUT2D eigenvalue weighted by atomic mass is 10.1. The molecule has 1 fully saturated rings. The molecule has 3 rings (SSSR count). The monoisotopic (exact) mass is 384 g/mol. The van der Waals surface area contributed by atoms with E-state index in [9.17, 15) is 0 Å². The fourth-order valence-electron chi connectivity index (χ4n) is 3.66. The van der Waals surface area contributed by atoms with Crippen molar-refractivity contribution in [1.29, 1.82) is 0 Å². The Morgan fingerprint density at radius 1 is 1.29 bits per heavy atom. The van der Waals surface area contributed by atoms with Gasteiger partial charge in [0.2, 0.25) is 0 Å². The molecule has 1 aromatic carbocycles. The number of imidazole rings is 1. The standard InChI is InChI=1S/C21H32N6O/c1-22-21(24-9-6-11-26-14-10-23-17-26)25-16-20(27-12-3-4-13-27)18-7-5-8-19(15-18)28-2/h5,7-8,10,14-15,17,20H,3-4,6,9,11-13,16H2,1-2H3,(H2,22,24,25). The third kappa shape index (κ3) is 5.73. The quantitative estimate of drug-likeness (QED) is 0.394. The van der Waals surface area contributed by atoms with Gasteiger partial charge in [0.05, 0.1) is 19.5 Å². The van der Waals surface area contributed by atoms with Gasteiger partial charge in [-0.1, -0.05) is 12.1 Å². The molecule has 0 radical (unpaired) electrons. The number of nitrogens with zero attached hydrogens (tertiary/aromatic N) is 4. The Hall–Kier alpha value is -2.54. The molecule has 1 unspecified atom stereocenters. The van der Waals surface area contributed by atoms with Crippen molar-refractivity contribution in [3.8, 4) is 5.75 Å². The van der Waals surface area contributed by atoms with Gasteiger partial charge in [0, 0.05) is 39.1 Å². The first-order chi connectivity index (χ1) is 13.8. The fourth-order valence-corrected chi connectivity index (χ4v) is 3.66. The van der Waals surface area contributed by atoms with Crippen molar-refractivity contribution in [2.45, 2.75) is 31.8 Å². The van der Waals surface area contributed by atoms with Crippen molar-refractivity contribution in [2.24, 2.45) is 4.99 Å². The van der Waals surface area contributed by atoms with Crippen LogP contribution in [0.4, 0.5) is 0 Å². The first kappa shape index (κ1) is 20.2. The van der Waals surface area contributed by atoms with Crippen LogP contribution in [0.2, 0.25) is 0 Å². The van der Waals surface area contributed by atoms with Crippen LogP contribution in [0.25, 0.3) is 0 Å².